The lowest BCUT2D eigenvalue weighted by atomic mass is 10.2. The number of unbranched alkanes of at least 4 members (excludes halogenated alkanes) is 3. The molecular formula is C17H24O4. The van der Waals surface area contributed by atoms with Gasteiger partial charge in [-0.15, -0.1) is 6.58 Å². The summed E-state index contributed by atoms with van der Waals surface area (Å²) in [6, 6.07) is 6.45. The van der Waals surface area contributed by atoms with Gasteiger partial charge >= 0.3 is 5.97 Å². The largest absolute Gasteiger partial charge is 0.494 e. The molecule has 1 aromatic carbocycles. The molecule has 0 heterocycles. The molecule has 21 heavy (non-hydrogen) atoms. The van der Waals surface area contributed by atoms with Crippen molar-refractivity contribution in [3.8, 4) is 5.75 Å². The van der Waals surface area contributed by atoms with Gasteiger partial charge < -0.3 is 14.6 Å². The van der Waals surface area contributed by atoms with Crippen LogP contribution >= 0.6 is 0 Å². The second-order valence-corrected chi connectivity index (χ2v) is 4.78. The molecule has 1 aromatic rings. The van der Waals surface area contributed by atoms with Gasteiger partial charge in [-0.05, 0) is 56.4 Å². The quantitative estimate of drug-likeness (QED) is 0.468. The van der Waals surface area contributed by atoms with E-state index in [-0.39, 0.29) is 5.56 Å². The molecule has 0 spiro atoms. The van der Waals surface area contributed by atoms with E-state index in [1.54, 1.807) is 24.3 Å². The smallest absolute Gasteiger partial charge is 0.335 e. The van der Waals surface area contributed by atoms with Crippen LogP contribution in [0.15, 0.2) is 36.9 Å². The SMILES string of the molecule is C=CCCCCOCCCCOc1ccc(C(=O)O)cc1. The topological polar surface area (TPSA) is 55.8 Å². The van der Waals surface area contributed by atoms with E-state index in [2.05, 4.69) is 6.58 Å². The van der Waals surface area contributed by atoms with E-state index in [0.29, 0.717) is 12.4 Å². The number of rotatable bonds is 12. The minimum absolute atomic E-state index is 0.271. The second kappa shape index (κ2) is 10.9. The van der Waals surface area contributed by atoms with Gasteiger partial charge in [-0.25, -0.2) is 4.79 Å². The highest BCUT2D eigenvalue weighted by atomic mass is 16.5. The Kier molecular flexibility index (Phi) is 8.96. The molecule has 0 radical (unpaired) electrons. The van der Waals surface area contributed by atoms with Gasteiger partial charge in [0.05, 0.1) is 12.2 Å². The van der Waals surface area contributed by atoms with Crippen molar-refractivity contribution in [3.63, 3.8) is 0 Å². The molecule has 0 aliphatic heterocycles. The minimum atomic E-state index is -0.924. The molecule has 0 saturated heterocycles. The summed E-state index contributed by atoms with van der Waals surface area (Å²) in [5.41, 5.74) is 0.271. The van der Waals surface area contributed by atoms with Crippen LogP contribution in [0.2, 0.25) is 0 Å². The number of benzene rings is 1. The van der Waals surface area contributed by atoms with E-state index in [1.807, 2.05) is 6.08 Å². The van der Waals surface area contributed by atoms with Gasteiger partial charge in [0.15, 0.2) is 0 Å². The van der Waals surface area contributed by atoms with E-state index < -0.39 is 5.97 Å². The summed E-state index contributed by atoms with van der Waals surface area (Å²) in [5.74, 6) is -0.225. The van der Waals surface area contributed by atoms with Crippen molar-refractivity contribution in [2.45, 2.75) is 32.1 Å². The van der Waals surface area contributed by atoms with Crippen molar-refractivity contribution < 1.29 is 19.4 Å². The summed E-state index contributed by atoms with van der Waals surface area (Å²) in [5, 5.41) is 8.78. The van der Waals surface area contributed by atoms with Gasteiger partial charge in [-0.1, -0.05) is 6.08 Å². The average Bonchev–Trinajstić information content (AvgIpc) is 2.49. The molecule has 0 saturated carbocycles. The first-order valence-corrected chi connectivity index (χ1v) is 7.39. The number of aromatic carboxylic acids is 1. The lowest BCUT2D eigenvalue weighted by Gasteiger charge is -2.07. The van der Waals surface area contributed by atoms with Gasteiger partial charge in [0.25, 0.3) is 0 Å². The third-order valence-electron chi connectivity index (χ3n) is 3.00. The Morgan fingerprint density at radius 2 is 1.67 bits per heavy atom. The highest BCUT2D eigenvalue weighted by Crippen LogP contribution is 2.12. The van der Waals surface area contributed by atoms with E-state index in [1.165, 1.54) is 0 Å². The molecular weight excluding hydrogens is 268 g/mol. The number of ether oxygens (including phenoxy) is 2. The van der Waals surface area contributed by atoms with Crippen LogP contribution in [0.3, 0.4) is 0 Å². The van der Waals surface area contributed by atoms with Crippen molar-refractivity contribution in [2.24, 2.45) is 0 Å². The number of carboxylic acids is 1. The van der Waals surface area contributed by atoms with Crippen molar-refractivity contribution in [2.75, 3.05) is 19.8 Å². The van der Waals surface area contributed by atoms with Crippen LogP contribution in [0.25, 0.3) is 0 Å². The molecule has 0 amide bonds. The van der Waals surface area contributed by atoms with Crippen molar-refractivity contribution in [1.29, 1.82) is 0 Å². The summed E-state index contributed by atoms with van der Waals surface area (Å²) < 4.78 is 11.1. The van der Waals surface area contributed by atoms with Gasteiger partial charge in [0.1, 0.15) is 5.75 Å². The van der Waals surface area contributed by atoms with Crippen LogP contribution in [0, 0.1) is 0 Å². The number of allylic oxidation sites excluding steroid dienone is 1. The Morgan fingerprint density at radius 3 is 2.29 bits per heavy atom. The summed E-state index contributed by atoms with van der Waals surface area (Å²) >= 11 is 0. The van der Waals surface area contributed by atoms with E-state index >= 15 is 0 Å². The maximum atomic E-state index is 10.7. The standard InChI is InChI=1S/C17H24O4/c1-2-3-4-5-12-20-13-6-7-14-21-16-10-8-15(9-11-16)17(18)19/h2,8-11H,1,3-7,12-14H2,(H,18,19). The normalized spacial score (nSPS) is 10.3. The molecule has 0 aromatic heterocycles. The molecule has 4 heteroatoms. The molecule has 0 aliphatic rings. The maximum Gasteiger partial charge on any atom is 0.335 e. The first kappa shape index (κ1) is 17.2. The zero-order valence-corrected chi connectivity index (χ0v) is 12.4. The average molecular weight is 292 g/mol. The number of hydrogen-bond acceptors (Lipinski definition) is 3. The molecule has 116 valence electrons. The third-order valence-corrected chi connectivity index (χ3v) is 3.00. The Labute approximate surface area is 126 Å². The van der Waals surface area contributed by atoms with Crippen molar-refractivity contribution in [1.82, 2.24) is 0 Å². The summed E-state index contributed by atoms with van der Waals surface area (Å²) in [4.78, 5) is 10.7. The molecule has 0 aliphatic carbocycles. The molecule has 1 N–H and O–H groups in total. The van der Waals surface area contributed by atoms with E-state index in [4.69, 9.17) is 14.6 Å². The molecule has 0 fully saturated rings. The first-order chi connectivity index (χ1) is 10.2. The van der Waals surface area contributed by atoms with Crippen molar-refractivity contribution in [3.05, 3.63) is 42.5 Å². The fraction of sp³-hybridized carbons (Fsp3) is 0.471. The van der Waals surface area contributed by atoms with Crippen LogP contribution in [-0.4, -0.2) is 30.9 Å². The Hall–Kier alpha value is -1.81. The summed E-state index contributed by atoms with van der Waals surface area (Å²) in [7, 11) is 0. The lowest BCUT2D eigenvalue weighted by Crippen LogP contribution is -2.02. The molecule has 1 rings (SSSR count). The predicted octanol–water partition coefficient (Wildman–Crippen LogP) is 3.92. The number of carboxylic acid groups (broad SMARTS) is 1. The van der Waals surface area contributed by atoms with Crippen LogP contribution in [0.4, 0.5) is 0 Å². The Bertz CT molecular complexity index is 411. The van der Waals surface area contributed by atoms with Gasteiger partial charge in [0.2, 0.25) is 0 Å². The predicted molar refractivity (Wildman–Crippen MR) is 83.0 cm³/mol. The van der Waals surface area contributed by atoms with Crippen LogP contribution < -0.4 is 4.74 Å². The monoisotopic (exact) mass is 292 g/mol. The molecule has 0 bridgehead atoms. The zero-order valence-electron chi connectivity index (χ0n) is 12.4. The fourth-order valence-electron chi connectivity index (χ4n) is 1.78. The van der Waals surface area contributed by atoms with Gasteiger partial charge in [-0.2, -0.15) is 0 Å². The third kappa shape index (κ3) is 8.15. The van der Waals surface area contributed by atoms with E-state index in [9.17, 15) is 4.79 Å². The second-order valence-electron chi connectivity index (χ2n) is 4.78. The molecule has 4 nitrogen and oxygen atoms in total. The zero-order chi connectivity index (χ0) is 15.3. The lowest BCUT2D eigenvalue weighted by molar-refractivity contribution is 0.0697. The highest BCUT2D eigenvalue weighted by Gasteiger charge is 2.01. The van der Waals surface area contributed by atoms with Crippen LogP contribution in [0.5, 0.6) is 5.75 Å². The van der Waals surface area contributed by atoms with Gasteiger partial charge in [0, 0.05) is 13.2 Å². The molecule has 0 atom stereocenters. The number of hydrogen-bond donors (Lipinski definition) is 1. The van der Waals surface area contributed by atoms with E-state index in [0.717, 1.165) is 45.3 Å². The Balaban J connectivity index is 1.99. The maximum absolute atomic E-state index is 10.7. The Morgan fingerprint density at radius 1 is 1.05 bits per heavy atom. The fourth-order valence-corrected chi connectivity index (χ4v) is 1.78. The summed E-state index contributed by atoms with van der Waals surface area (Å²) in [6.45, 7) is 5.87. The minimum Gasteiger partial charge on any atom is -0.494 e. The van der Waals surface area contributed by atoms with Gasteiger partial charge in [-0.3, -0.25) is 0 Å². The van der Waals surface area contributed by atoms with Crippen LogP contribution in [-0.2, 0) is 4.74 Å². The first-order valence-electron chi connectivity index (χ1n) is 7.39. The van der Waals surface area contributed by atoms with Crippen molar-refractivity contribution >= 4 is 5.97 Å². The highest BCUT2D eigenvalue weighted by molar-refractivity contribution is 5.87. The molecule has 0 unspecified atom stereocenters. The van der Waals surface area contributed by atoms with Crippen LogP contribution in [0.1, 0.15) is 42.5 Å². The number of carbonyl (C=O) groups is 1. The summed E-state index contributed by atoms with van der Waals surface area (Å²) in [6.07, 6.45) is 7.09.